The Morgan fingerprint density at radius 1 is 1.20 bits per heavy atom. The van der Waals surface area contributed by atoms with Crippen LogP contribution in [-0.2, 0) is 14.3 Å². The van der Waals surface area contributed by atoms with Crippen molar-refractivity contribution in [2.45, 2.75) is 19.6 Å². The Labute approximate surface area is 168 Å². The van der Waals surface area contributed by atoms with E-state index in [-0.39, 0.29) is 17.0 Å². The summed E-state index contributed by atoms with van der Waals surface area (Å²) < 4.78 is 47.3. The van der Waals surface area contributed by atoms with Gasteiger partial charge >= 0.3 is 18.3 Å². The van der Waals surface area contributed by atoms with Gasteiger partial charge in [-0.1, -0.05) is 18.2 Å². The Balaban J connectivity index is 1.99. The van der Waals surface area contributed by atoms with E-state index in [1.165, 1.54) is 31.2 Å². The van der Waals surface area contributed by atoms with Crippen LogP contribution in [0.3, 0.4) is 0 Å². The second-order valence-corrected chi connectivity index (χ2v) is 5.74. The van der Waals surface area contributed by atoms with E-state index in [0.29, 0.717) is 0 Å². The first-order chi connectivity index (χ1) is 14.2. The lowest BCUT2D eigenvalue weighted by Gasteiger charge is -2.12. The number of anilines is 1. The topological polar surface area (TPSA) is 108 Å². The molecule has 8 nitrogen and oxygen atoms in total. The minimum absolute atomic E-state index is 0.0652. The molecule has 2 aromatic carbocycles. The van der Waals surface area contributed by atoms with Gasteiger partial charge in [-0.15, -0.1) is 0 Å². The predicted molar refractivity (Wildman–Crippen MR) is 99.3 cm³/mol. The van der Waals surface area contributed by atoms with Crippen molar-refractivity contribution < 1.29 is 37.2 Å². The molecule has 2 aromatic rings. The monoisotopic (exact) mass is 424 g/mol. The first-order valence-electron chi connectivity index (χ1n) is 8.34. The quantitative estimate of drug-likeness (QED) is 0.298. The summed E-state index contributed by atoms with van der Waals surface area (Å²) in [7, 11) is 0. The van der Waals surface area contributed by atoms with E-state index in [0.717, 1.165) is 24.3 Å². The van der Waals surface area contributed by atoms with Gasteiger partial charge in [0.15, 0.2) is 6.10 Å². The Morgan fingerprint density at radius 3 is 2.57 bits per heavy atom. The third-order valence-electron chi connectivity index (χ3n) is 3.61. The number of esters is 1. The molecule has 1 atom stereocenters. The van der Waals surface area contributed by atoms with Gasteiger partial charge in [0, 0.05) is 23.4 Å². The number of alkyl halides is 2. The second kappa shape index (κ2) is 10.0. The summed E-state index contributed by atoms with van der Waals surface area (Å²) in [6, 6.07) is 8.47. The van der Waals surface area contributed by atoms with E-state index in [2.05, 4.69) is 10.1 Å². The van der Waals surface area contributed by atoms with Crippen molar-refractivity contribution in [1.29, 1.82) is 0 Å². The molecule has 30 heavy (non-hydrogen) atoms. The Hall–Kier alpha value is -3.89. The highest BCUT2D eigenvalue weighted by Crippen LogP contribution is 2.23. The van der Waals surface area contributed by atoms with Gasteiger partial charge in [-0.3, -0.25) is 14.9 Å². The molecule has 0 bridgehead atoms. The van der Waals surface area contributed by atoms with E-state index in [1.54, 1.807) is 6.07 Å². The molecular weight excluding hydrogens is 409 g/mol. The van der Waals surface area contributed by atoms with Crippen molar-refractivity contribution in [1.82, 2.24) is 0 Å². The Kier molecular flexibility index (Phi) is 7.50. The largest absolute Gasteiger partial charge is 0.449 e. The maximum Gasteiger partial charge on any atom is 0.387 e. The Bertz CT molecular complexity index is 980. The van der Waals surface area contributed by atoms with Gasteiger partial charge in [-0.25, -0.2) is 4.79 Å². The predicted octanol–water partition coefficient (Wildman–Crippen LogP) is 3.92. The van der Waals surface area contributed by atoms with Crippen LogP contribution < -0.4 is 10.1 Å². The van der Waals surface area contributed by atoms with E-state index in [1.807, 2.05) is 0 Å². The maximum absolute atomic E-state index is 13.3. The van der Waals surface area contributed by atoms with Gasteiger partial charge in [0.05, 0.1) is 4.92 Å². The molecule has 158 valence electrons. The number of benzene rings is 2. The Morgan fingerprint density at radius 2 is 1.90 bits per heavy atom. The first kappa shape index (κ1) is 22.4. The molecule has 0 aromatic heterocycles. The number of nitro benzene ring substituents is 1. The van der Waals surface area contributed by atoms with Crippen molar-refractivity contribution in [3.63, 3.8) is 0 Å². The highest BCUT2D eigenvalue weighted by atomic mass is 19.3. The van der Waals surface area contributed by atoms with Gasteiger partial charge in [0.25, 0.3) is 5.91 Å². The van der Waals surface area contributed by atoms with Crippen LogP contribution in [0.15, 0.2) is 48.5 Å². The fourth-order valence-corrected chi connectivity index (χ4v) is 2.22. The number of hydrogen-bond donors (Lipinski definition) is 1. The van der Waals surface area contributed by atoms with Gasteiger partial charge in [0.1, 0.15) is 5.75 Å². The minimum atomic E-state index is -3.04. The standard InChI is InChI=1S/C19H15F3N2O6/c1-11(18(26)23-13-7-8-14(20)15(10-13)24(27)28)29-17(25)9-6-12-4-2-3-5-16(12)30-19(21)22/h2-11,19H,1H3,(H,23,26). The molecule has 0 heterocycles. The molecule has 0 saturated carbocycles. The lowest BCUT2D eigenvalue weighted by molar-refractivity contribution is -0.387. The number of nitro groups is 1. The highest BCUT2D eigenvalue weighted by molar-refractivity contribution is 5.96. The third-order valence-corrected chi connectivity index (χ3v) is 3.61. The second-order valence-electron chi connectivity index (χ2n) is 5.74. The van der Waals surface area contributed by atoms with Crippen LogP contribution in [0.4, 0.5) is 24.5 Å². The fraction of sp³-hybridized carbons (Fsp3) is 0.158. The van der Waals surface area contributed by atoms with Crippen molar-refractivity contribution in [2.24, 2.45) is 0 Å². The number of halogens is 3. The van der Waals surface area contributed by atoms with Crippen molar-refractivity contribution in [3.8, 4) is 5.75 Å². The molecule has 1 N–H and O–H groups in total. The van der Waals surface area contributed by atoms with E-state index in [9.17, 15) is 32.9 Å². The summed E-state index contributed by atoms with van der Waals surface area (Å²) in [4.78, 5) is 33.8. The van der Waals surface area contributed by atoms with Crippen LogP contribution >= 0.6 is 0 Å². The summed E-state index contributed by atoms with van der Waals surface area (Å²) in [6.07, 6.45) is 0.785. The van der Waals surface area contributed by atoms with Crippen LogP contribution in [0.2, 0.25) is 0 Å². The highest BCUT2D eigenvalue weighted by Gasteiger charge is 2.20. The molecule has 11 heteroatoms. The zero-order valence-corrected chi connectivity index (χ0v) is 15.4. The zero-order chi connectivity index (χ0) is 22.3. The summed E-state index contributed by atoms with van der Waals surface area (Å²) in [5, 5.41) is 13.0. The lowest BCUT2D eigenvalue weighted by atomic mass is 10.2. The summed E-state index contributed by atoms with van der Waals surface area (Å²) in [5.74, 6) is -2.99. The van der Waals surface area contributed by atoms with E-state index < -0.39 is 41.0 Å². The minimum Gasteiger partial charge on any atom is -0.449 e. The molecule has 1 unspecified atom stereocenters. The molecule has 0 aliphatic heterocycles. The molecule has 0 fully saturated rings. The molecule has 0 radical (unpaired) electrons. The smallest absolute Gasteiger partial charge is 0.387 e. The third kappa shape index (κ3) is 6.33. The number of amides is 1. The molecule has 0 spiro atoms. The van der Waals surface area contributed by atoms with Gasteiger partial charge < -0.3 is 14.8 Å². The van der Waals surface area contributed by atoms with Gasteiger partial charge in [-0.05, 0) is 31.2 Å². The fourth-order valence-electron chi connectivity index (χ4n) is 2.22. The number of nitrogens with zero attached hydrogens (tertiary/aromatic N) is 1. The number of carbonyl (C=O) groups is 2. The van der Waals surface area contributed by atoms with E-state index >= 15 is 0 Å². The first-order valence-corrected chi connectivity index (χ1v) is 8.34. The molecule has 1 amide bonds. The molecular formula is C19H15F3N2O6. The van der Waals surface area contributed by atoms with Crippen LogP contribution in [0, 0.1) is 15.9 Å². The summed E-state index contributed by atoms with van der Waals surface area (Å²) >= 11 is 0. The SMILES string of the molecule is CC(OC(=O)C=Cc1ccccc1OC(F)F)C(=O)Nc1ccc(F)c([N+](=O)[O-])c1. The molecule has 0 aliphatic carbocycles. The van der Waals surface area contributed by atoms with Crippen molar-refractivity contribution >= 4 is 29.3 Å². The number of para-hydroxylation sites is 1. The summed E-state index contributed by atoms with van der Waals surface area (Å²) in [6.45, 7) is -1.80. The number of nitrogens with one attached hydrogen (secondary N) is 1. The van der Waals surface area contributed by atoms with Gasteiger partial charge in [-0.2, -0.15) is 13.2 Å². The van der Waals surface area contributed by atoms with Crippen LogP contribution in [0.1, 0.15) is 12.5 Å². The number of carbonyl (C=O) groups excluding carboxylic acids is 2. The normalized spacial score (nSPS) is 11.9. The van der Waals surface area contributed by atoms with Crippen molar-refractivity contribution in [2.75, 3.05) is 5.32 Å². The lowest BCUT2D eigenvalue weighted by Crippen LogP contribution is -2.29. The number of rotatable bonds is 8. The van der Waals surface area contributed by atoms with Crippen LogP contribution in [0.25, 0.3) is 6.08 Å². The van der Waals surface area contributed by atoms with E-state index in [4.69, 9.17) is 4.74 Å². The molecule has 2 rings (SSSR count). The average Bonchev–Trinajstić information content (AvgIpc) is 2.68. The molecule has 0 saturated heterocycles. The number of hydrogen-bond acceptors (Lipinski definition) is 6. The molecule has 0 aliphatic rings. The average molecular weight is 424 g/mol. The van der Waals surface area contributed by atoms with Crippen molar-refractivity contribution in [3.05, 3.63) is 70.0 Å². The zero-order valence-electron chi connectivity index (χ0n) is 15.4. The van der Waals surface area contributed by atoms with Gasteiger partial charge in [0.2, 0.25) is 5.82 Å². The van der Waals surface area contributed by atoms with Crippen LogP contribution in [0.5, 0.6) is 5.75 Å². The maximum atomic E-state index is 13.3. The van der Waals surface area contributed by atoms with Crippen LogP contribution in [-0.4, -0.2) is 29.5 Å². The number of ether oxygens (including phenoxy) is 2. The summed E-state index contributed by atoms with van der Waals surface area (Å²) in [5.41, 5.74) is -0.708.